The van der Waals surface area contributed by atoms with Crippen LogP contribution in [0.1, 0.15) is 233 Å². The van der Waals surface area contributed by atoms with Gasteiger partial charge in [-0.1, -0.05) is 194 Å². The van der Waals surface area contributed by atoms with Crippen molar-refractivity contribution >= 4 is 28.2 Å². The van der Waals surface area contributed by atoms with Gasteiger partial charge in [0.1, 0.15) is 0 Å². The van der Waals surface area contributed by atoms with Crippen molar-refractivity contribution in [2.45, 2.75) is 239 Å². The maximum absolute atomic E-state index is 12.8. The maximum atomic E-state index is 12.8. The van der Waals surface area contributed by atoms with Crippen molar-refractivity contribution in [1.29, 1.82) is 0 Å². The third-order valence-electron chi connectivity index (χ3n) is 10.2. The van der Waals surface area contributed by atoms with E-state index in [1.54, 1.807) is 0 Å². The van der Waals surface area contributed by atoms with Gasteiger partial charge in [-0.15, -0.1) is 0 Å². The number of carbonyl (C=O) groups is 2. The molecule has 318 valence electrons. The van der Waals surface area contributed by atoms with Crippen molar-refractivity contribution in [3.8, 4) is 0 Å². The van der Waals surface area contributed by atoms with Gasteiger partial charge >= 0.3 is 5.95 Å². The Kier molecular flexibility index (Phi) is 34.1. The molecule has 2 amide bonds. The second kappa shape index (κ2) is 35.4. The SMILES string of the molecule is CCCCCCCCCCCCCCCCCC(=O)Nc1[nH]cc[n+]1C(C)(C)NC(=O)CCCCCCCCCCCCCCCCC.COS(=O)(=O)[O-]. The van der Waals surface area contributed by atoms with Gasteiger partial charge < -0.3 is 9.87 Å². The molecule has 0 aliphatic carbocycles. The third kappa shape index (κ3) is 33.4. The van der Waals surface area contributed by atoms with Gasteiger partial charge in [-0.2, -0.15) is 0 Å². The average Bonchev–Trinajstić information content (AvgIpc) is 3.60. The van der Waals surface area contributed by atoms with Crippen LogP contribution in [0.15, 0.2) is 12.4 Å². The summed E-state index contributed by atoms with van der Waals surface area (Å²) in [5, 5.41) is 6.21. The number of unbranched alkanes of at least 4 members (excludes halogenated alkanes) is 28. The molecule has 54 heavy (non-hydrogen) atoms. The minimum absolute atomic E-state index is 0.0285. The molecule has 0 spiro atoms. The number of nitrogens with one attached hydrogen (secondary N) is 3. The number of anilines is 1. The van der Waals surface area contributed by atoms with E-state index in [9.17, 15) is 22.6 Å². The molecule has 0 fully saturated rings. The number of hydrogen-bond donors (Lipinski definition) is 3. The number of hydrogen-bond acceptors (Lipinski definition) is 6. The van der Waals surface area contributed by atoms with Gasteiger partial charge in [0.2, 0.25) is 16.3 Å². The van der Waals surface area contributed by atoms with E-state index in [2.05, 4.69) is 33.6 Å². The fourth-order valence-electron chi connectivity index (χ4n) is 6.87. The molecule has 1 aromatic heterocycles. The molecule has 0 saturated heterocycles. The second-order valence-electron chi connectivity index (χ2n) is 15.8. The van der Waals surface area contributed by atoms with Crippen LogP contribution in [0.5, 0.6) is 0 Å². The van der Waals surface area contributed by atoms with Gasteiger partial charge in [0, 0.05) is 12.8 Å². The first-order valence-corrected chi connectivity index (χ1v) is 23.5. The quantitative estimate of drug-likeness (QED) is 0.0267. The van der Waals surface area contributed by atoms with Crippen LogP contribution < -0.4 is 15.2 Å². The number of aromatic amines is 1. The lowest BCUT2D eigenvalue weighted by Crippen LogP contribution is -2.62. The molecule has 0 radical (unpaired) electrons. The Morgan fingerprint density at radius 1 is 0.611 bits per heavy atom. The zero-order chi connectivity index (χ0) is 40.2. The molecule has 0 atom stereocenters. The van der Waals surface area contributed by atoms with Crippen LogP contribution in [0.2, 0.25) is 0 Å². The van der Waals surface area contributed by atoms with E-state index >= 15 is 0 Å². The van der Waals surface area contributed by atoms with Gasteiger partial charge in [0.05, 0.1) is 19.5 Å². The fourth-order valence-corrected chi connectivity index (χ4v) is 6.87. The fraction of sp³-hybridized carbons (Fsp3) is 0.884. The second-order valence-corrected chi connectivity index (χ2v) is 17.0. The van der Waals surface area contributed by atoms with Crippen molar-refractivity contribution in [2.24, 2.45) is 0 Å². The molecule has 1 heterocycles. The molecule has 0 unspecified atom stereocenters. The minimum Gasteiger partial charge on any atom is -0.726 e. The summed E-state index contributed by atoms with van der Waals surface area (Å²) in [7, 11) is -3.60. The van der Waals surface area contributed by atoms with Gasteiger partial charge in [-0.05, 0) is 26.7 Å². The highest BCUT2D eigenvalue weighted by Gasteiger charge is 2.30. The minimum atomic E-state index is -4.41. The molecule has 0 aliphatic heterocycles. The molecule has 1 aromatic rings. The Labute approximate surface area is 332 Å². The highest BCUT2D eigenvalue weighted by atomic mass is 32.3. The lowest BCUT2D eigenvalue weighted by Gasteiger charge is -2.25. The number of amides is 2. The molecule has 11 heteroatoms. The first-order chi connectivity index (χ1) is 26.0. The molecular weight excluding hydrogens is 701 g/mol. The predicted octanol–water partition coefficient (Wildman–Crippen LogP) is 11.7. The van der Waals surface area contributed by atoms with E-state index in [4.69, 9.17) is 0 Å². The highest BCUT2D eigenvalue weighted by molar-refractivity contribution is 7.80. The zero-order valence-electron chi connectivity index (χ0n) is 35.6. The van der Waals surface area contributed by atoms with Crippen LogP contribution in [0.25, 0.3) is 0 Å². The molecule has 0 saturated carbocycles. The van der Waals surface area contributed by atoms with Crippen molar-refractivity contribution in [2.75, 3.05) is 12.4 Å². The molecule has 1 rings (SSSR count). The number of aromatic nitrogens is 2. The average molecular weight is 785 g/mol. The summed E-state index contributed by atoms with van der Waals surface area (Å²) < 4.78 is 32.9. The van der Waals surface area contributed by atoms with Crippen molar-refractivity contribution in [1.82, 2.24) is 10.3 Å². The van der Waals surface area contributed by atoms with Crippen LogP contribution in [-0.4, -0.2) is 36.9 Å². The highest BCUT2D eigenvalue weighted by Crippen LogP contribution is 2.16. The predicted molar refractivity (Wildman–Crippen MR) is 223 cm³/mol. The van der Waals surface area contributed by atoms with Gasteiger partial charge in [0.25, 0.3) is 5.91 Å². The normalized spacial score (nSPS) is 11.7. The van der Waals surface area contributed by atoms with E-state index in [1.165, 1.54) is 167 Å². The van der Waals surface area contributed by atoms with Crippen molar-refractivity contribution in [3.63, 3.8) is 0 Å². The Morgan fingerprint density at radius 2 is 0.907 bits per heavy atom. The molecule has 10 nitrogen and oxygen atoms in total. The van der Waals surface area contributed by atoms with Crippen LogP contribution in [0.3, 0.4) is 0 Å². The third-order valence-corrected chi connectivity index (χ3v) is 10.6. The molecule has 0 aromatic carbocycles. The largest absolute Gasteiger partial charge is 0.726 e. The maximum Gasteiger partial charge on any atom is 0.364 e. The Hall–Kier alpha value is -1.98. The Balaban J connectivity index is 0.00000430. The number of carbonyl (C=O) groups excluding carboxylic acids is 2. The number of nitrogens with zero attached hydrogens (tertiary/aromatic N) is 1. The van der Waals surface area contributed by atoms with Gasteiger partial charge in [-0.3, -0.25) is 13.8 Å². The van der Waals surface area contributed by atoms with Crippen LogP contribution in [0, 0.1) is 0 Å². The molecule has 3 N–H and O–H groups in total. The lowest BCUT2D eigenvalue weighted by atomic mass is 10.0. The summed E-state index contributed by atoms with van der Waals surface area (Å²) in [5.74, 6) is 0.720. The lowest BCUT2D eigenvalue weighted by molar-refractivity contribution is -0.748. The summed E-state index contributed by atoms with van der Waals surface area (Å²) in [6, 6.07) is 0. The number of H-pyrrole nitrogens is 1. The van der Waals surface area contributed by atoms with Gasteiger partial charge in [-0.25, -0.2) is 23.3 Å². The van der Waals surface area contributed by atoms with E-state index in [0.717, 1.165) is 32.8 Å². The van der Waals surface area contributed by atoms with Gasteiger partial charge in [0.15, 0.2) is 5.66 Å². The number of rotatable bonds is 36. The van der Waals surface area contributed by atoms with Crippen LogP contribution in [0.4, 0.5) is 5.95 Å². The topological polar surface area (TPSA) is 144 Å². The van der Waals surface area contributed by atoms with Crippen LogP contribution >= 0.6 is 0 Å². The first kappa shape index (κ1) is 52.0. The van der Waals surface area contributed by atoms with E-state index in [-0.39, 0.29) is 11.8 Å². The Morgan fingerprint density at radius 3 is 1.22 bits per heavy atom. The molecule has 0 bridgehead atoms. The summed E-state index contributed by atoms with van der Waals surface area (Å²) in [5.41, 5.74) is -0.635. The first-order valence-electron chi connectivity index (χ1n) is 22.2. The van der Waals surface area contributed by atoms with Crippen LogP contribution in [-0.2, 0) is 29.8 Å². The summed E-state index contributed by atoms with van der Waals surface area (Å²) >= 11 is 0. The summed E-state index contributed by atoms with van der Waals surface area (Å²) in [4.78, 5) is 28.6. The molecule has 0 aliphatic rings. The summed E-state index contributed by atoms with van der Waals surface area (Å²) in [6.07, 6.45) is 44.4. The van der Waals surface area contributed by atoms with E-state index < -0.39 is 16.1 Å². The van der Waals surface area contributed by atoms with Crippen molar-refractivity contribution < 1.29 is 31.3 Å². The standard InChI is InChI=1S/C42H80N4O2.CH4O4S/c1-5-7-9-11-13-15-17-19-21-23-25-27-29-31-33-35-39(47)44-41-43-37-38-46(41)42(3,4)45-40(48)36-34-32-30-28-26-24-22-20-18-16-14-12-10-8-6-2;1-5-6(2,3)4/h37-38H,5-36H2,1-4H3,(H2,43,44,45,47,48);1H3,(H,2,3,4). The smallest absolute Gasteiger partial charge is 0.364 e. The zero-order valence-corrected chi connectivity index (χ0v) is 36.4. The van der Waals surface area contributed by atoms with E-state index in [1.807, 2.05) is 30.8 Å². The van der Waals surface area contributed by atoms with Crippen molar-refractivity contribution in [3.05, 3.63) is 12.4 Å². The Bertz CT molecular complexity index is 1120. The monoisotopic (exact) mass is 785 g/mol. The van der Waals surface area contributed by atoms with E-state index in [0.29, 0.717) is 18.8 Å². The number of imidazole rings is 1. The molecular formula is C43H84N4O6S. The summed E-state index contributed by atoms with van der Waals surface area (Å²) in [6.45, 7) is 8.52.